The number of hydrogen-bond acceptors (Lipinski definition) is 2. The maximum atomic E-state index is 7.65. The van der Waals surface area contributed by atoms with Crippen LogP contribution in [0.5, 0.6) is 0 Å². The zero-order valence-electron chi connectivity index (χ0n) is 17.5. The minimum atomic E-state index is -3.47. The molecule has 0 bridgehead atoms. The first-order valence-corrected chi connectivity index (χ1v) is 13.9. The van der Waals surface area contributed by atoms with Gasteiger partial charge in [-0.25, -0.2) is 0 Å². The monoisotopic (exact) mass is 450 g/mol. The van der Waals surface area contributed by atoms with Crippen LogP contribution in [0.15, 0.2) is 133 Å². The van der Waals surface area contributed by atoms with E-state index in [4.69, 9.17) is 4.52 Å². The molecule has 0 saturated heterocycles. The van der Waals surface area contributed by atoms with Crippen molar-refractivity contribution in [2.45, 2.75) is 6.10 Å². The SMILES string of the molecule is c1ccc(P2(c3ccccc3)(c3ccccc3)O[C@@H](c3cccs3)c3ccccc32)cc1. The molecule has 0 N–H and O–H groups in total. The topological polar surface area (TPSA) is 9.23 Å². The van der Waals surface area contributed by atoms with Gasteiger partial charge in [-0.3, -0.25) is 0 Å². The second-order valence-corrected chi connectivity index (χ2v) is 13.4. The van der Waals surface area contributed by atoms with Crippen molar-refractivity contribution in [2.75, 3.05) is 0 Å². The minimum absolute atomic E-state index is 0.107. The van der Waals surface area contributed by atoms with Crippen molar-refractivity contribution >= 4 is 39.4 Å². The molecular formula is C29H23OPS. The fourth-order valence-corrected chi connectivity index (χ4v) is 12.2. The van der Waals surface area contributed by atoms with Crippen molar-refractivity contribution < 1.29 is 4.52 Å². The number of hydrogen-bond donors (Lipinski definition) is 0. The third-order valence-electron chi connectivity index (χ3n) is 6.54. The van der Waals surface area contributed by atoms with E-state index >= 15 is 0 Å². The molecule has 156 valence electrons. The Morgan fingerprint density at radius 3 is 1.53 bits per heavy atom. The molecule has 0 fully saturated rings. The molecule has 6 rings (SSSR count). The van der Waals surface area contributed by atoms with E-state index < -0.39 is 6.83 Å². The second kappa shape index (κ2) is 7.53. The summed E-state index contributed by atoms with van der Waals surface area (Å²) in [6.45, 7) is -3.47. The third kappa shape index (κ3) is 2.52. The Balaban J connectivity index is 1.84. The molecule has 0 saturated carbocycles. The number of fused-ring (bicyclic) bond motifs is 1. The summed E-state index contributed by atoms with van der Waals surface area (Å²) in [7, 11) is 0. The van der Waals surface area contributed by atoms with Crippen molar-refractivity contribution in [3.05, 3.63) is 143 Å². The van der Waals surface area contributed by atoms with Crippen LogP contribution in [0.1, 0.15) is 16.5 Å². The first-order valence-electron chi connectivity index (χ1n) is 10.8. The molecule has 0 spiro atoms. The summed E-state index contributed by atoms with van der Waals surface area (Å²) < 4.78 is 7.65. The summed E-state index contributed by atoms with van der Waals surface area (Å²) in [6.07, 6.45) is -0.107. The zero-order valence-corrected chi connectivity index (χ0v) is 19.3. The van der Waals surface area contributed by atoms with Crippen molar-refractivity contribution in [2.24, 2.45) is 0 Å². The molecule has 0 amide bonds. The first kappa shape index (κ1) is 19.6. The Morgan fingerprint density at radius 2 is 1.03 bits per heavy atom. The average Bonchev–Trinajstić information content (AvgIpc) is 3.52. The third-order valence-corrected chi connectivity index (χ3v) is 13.3. The molecule has 0 unspecified atom stereocenters. The van der Waals surface area contributed by atoms with Crippen LogP contribution >= 0.6 is 18.2 Å². The maximum absolute atomic E-state index is 7.65. The van der Waals surface area contributed by atoms with E-state index in [1.807, 2.05) is 0 Å². The Hall–Kier alpha value is -3.03. The molecule has 0 aliphatic carbocycles. The van der Waals surface area contributed by atoms with E-state index in [0.717, 1.165) is 0 Å². The molecule has 2 heterocycles. The molecule has 3 heteroatoms. The number of thiophene rings is 1. The van der Waals surface area contributed by atoms with Gasteiger partial charge in [-0.1, -0.05) is 0 Å². The van der Waals surface area contributed by atoms with Gasteiger partial charge in [0.15, 0.2) is 0 Å². The van der Waals surface area contributed by atoms with E-state index in [0.29, 0.717) is 0 Å². The summed E-state index contributed by atoms with van der Waals surface area (Å²) in [4.78, 5) is 1.24. The van der Waals surface area contributed by atoms with Crippen molar-refractivity contribution in [1.82, 2.24) is 0 Å². The van der Waals surface area contributed by atoms with Gasteiger partial charge >= 0.3 is 193 Å². The van der Waals surface area contributed by atoms with Gasteiger partial charge in [-0.2, -0.15) is 0 Å². The van der Waals surface area contributed by atoms with Gasteiger partial charge in [0, 0.05) is 0 Å². The summed E-state index contributed by atoms with van der Waals surface area (Å²) in [5.41, 5.74) is 1.27. The van der Waals surface area contributed by atoms with Crippen LogP contribution in [0.25, 0.3) is 0 Å². The Labute approximate surface area is 193 Å². The van der Waals surface area contributed by atoms with Crippen LogP contribution in [0, 0.1) is 0 Å². The van der Waals surface area contributed by atoms with Gasteiger partial charge in [0.05, 0.1) is 0 Å². The zero-order chi connectivity index (χ0) is 21.5. The van der Waals surface area contributed by atoms with E-state index in [-0.39, 0.29) is 6.10 Å². The van der Waals surface area contributed by atoms with Crippen LogP contribution in [0.3, 0.4) is 0 Å². The van der Waals surface area contributed by atoms with Crippen LogP contribution < -0.4 is 21.2 Å². The van der Waals surface area contributed by atoms with E-state index in [2.05, 4.69) is 133 Å². The molecule has 1 atom stereocenters. The van der Waals surface area contributed by atoms with Gasteiger partial charge in [-0.05, 0) is 0 Å². The standard InChI is InChI=1S/C29H23OPS/c1-4-13-23(14-5-1)31(24-15-6-2-7-16-24,25-17-8-3-9-18-25)27-20-11-10-19-26(27)29(30-31)28-21-12-22-32-28/h1-22,29H/t29-/m1/s1. The Morgan fingerprint density at radius 1 is 0.531 bits per heavy atom. The number of rotatable bonds is 4. The predicted molar refractivity (Wildman–Crippen MR) is 138 cm³/mol. The van der Waals surface area contributed by atoms with E-state index in [1.165, 1.54) is 31.7 Å². The van der Waals surface area contributed by atoms with Crippen molar-refractivity contribution in [1.29, 1.82) is 0 Å². The van der Waals surface area contributed by atoms with Gasteiger partial charge in [0.2, 0.25) is 0 Å². The fourth-order valence-electron chi connectivity index (χ4n) is 5.25. The van der Waals surface area contributed by atoms with Crippen LogP contribution in [-0.2, 0) is 4.52 Å². The van der Waals surface area contributed by atoms with Gasteiger partial charge in [0.1, 0.15) is 0 Å². The Kier molecular flexibility index (Phi) is 4.62. The molecule has 4 aromatic carbocycles. The molecule has 5 aromatic rings. The summed E-state index contributed by atoms with van der Waals surface area (Å²) in [6, 6.07) is 45.8. The summed E-state index contributed by atoms with van der Waals surface area (Å²) in [5, 5.41) is 7.16. The van der Waals surface area contributed by atoms with Crippen LogP contribution in [0.4, 0.5) is 0 Å². The predicted octanol–water partition coefficient (Wildman–Crippen LogP) is 5.94. The van der Waals surface area contributed by atoms with Gasteiger partial charge in [0.25, 0.3) is 0 Å². The Bertz CT molecular complexity index is 1250. The number of benzene rings is 4. The molecule has 1 aliphatic heterocycles. The van der Waals surface area contributed by atoms with Crippen molar-refractivity contribution in [3.63, 3.8) is 0 Å². The van der Waals surface area contributed by atoms with Crippen LogP contribution in [0.2, 0.25) is 0 Å². The molecule has 1 aromatic heterocycles. The molecule has 1 aliphatic rings. The second-order valence-electron chi connectivity index (χ2n) is 8.10. The summed E-state index contributed by atoms with van der Waals surface area (Å²) >= 11 is 1.76. The molecule has 0 radical (unpaired) electrons. The molecular weight excluding hydrogens is 427 g/mol. The molecule has 1 nitrogen and oxygen atoms in total. The fraction of sp³-hybridized carbons (Fsp3) is 0.0345. The van der Waals surface area contributed by atoms with Crippen LogP contribution in [-0.4, -0.2) is 0 Å². The average molecular weight is 451 g/mol. The quantitative estimate of drug-likeness (QED) is 0.308. The van der Waals surface area contributed by atoms with Gasteiger partial charge < -0.3 is 0 Å². The first-order chi connectivity index (χ1) is 15.8. The molecule has 32 heavy (non-hydrogen) atoms. The van der Waals surface area contributed by atoms with Gasteiger partial charge in [-0.15, -0.1) is 0 Å². The van der Waals surface area contributed by atoms with Crippen molar-refractivity contribution in [3.8, 4) is 0 Å². The normalized spacial score (nSPS) is 19.5. The summed E-state index contributed by atoms with van der Waals surface area (Å²) in [5.74, 6) is 0. The van der Waals surface area contributed by atoms with E-state index in [1.54, 1.807) is 11.3 Å². The van der Waals surface area contributed by atoms with E-state index in [9.17, 15) is 0 Å².